The fourth-order valence-corrected chi connectivity index (χ4v) is 4.47. The summed E-state index contributed by atoms with van der Waals surface area (Å²) in [6.07, 6.45) is 0.243. The third kappa shape index (κ3) is 10.8. The number of hydrogen-bond acceptors (Lipinski definition) is 10. The Bertz CT molecular complexity index is 1290. The number of piperidine rings is 1. The van der Waals surface area contributed by atoms with Gasteiger partial charge in [0.25, 0.3) is 16.0 Å². The number of aryl methyl sites for hydroxylation is 1. The molecule has 0 aliphatic carbocycles. The molecule has 1 aliphatic rings. The summed E-state index contributed by atoms with van der Waals surface area (Å²) in [6.45, 7) is 3.32. The molecule has 41 heavy (non-hydrogen) atoms. The molecule has 1 atom stereocenters. The van der Waals surface area contributed by atoms with Gasteiger partial charge in [-0.1, -0.05) is 17.7 Å². The lowest BCUT2D eigenvalue weighted by Crippen LogP contribution is -2.52. The molecule has 2 aromatic rings. The zero-order valence-electron chi connectivity index (χ0n) is 22.6. The van der Waals surface area contributed by atoms with Gasteiger partial charge in [-0.05, 0) is 37.6 Å². The van der Waals surface area contributed by atoms with E-state index >= 15 is 0 Å². The summed E-state index contributed by atoms with van der Waals surface area (Å²) in [5, 5.41) is 4.54. The van der Waals surface area contributed by atoms with E-state index in [0.717, 1.165) is 11.6 Å². The molecule has 1 fully saturated rings. The van der Waals surface area contributed by atoms with Gasteiger partial charge in [0.2, 0.25) is 11.8 Å². The van der Waals surface area contributed by atoms with E-state index in [4.69, 9.17) is 23.1 Å². The largest absolute Gasteiger partial charge is 0.491 e. The predicted octanol–water partition coefficient (Wildman–Crippen LogP) is 1.50. The molecule has 14 heteroatoms. The van der Waals surface area contributed by atoms with Gasteiger partial charge in [0.05, 0.1) is 56.7 Å². The molecule has 0 aromatic heterocycles. The standard InChI is InChI=1S/C27H33FN2O10S/c1-19-2-5-21(6-3-19)41(34,35)40-17-15-38-13-11-36-10-12-37-14-16-39-20-4-7-22(23(28)18-20)26(32)29-24-8-9-25(31)30-27(24)33/h2-7,18,24H,8-17H2,1H3,(H,29,32)(H,30,31,33). The first-order valence-electron chi connectivity index (χ1n) is 12.9. The summed E-state index contributed by atoms with van der Waals surface area (Å²) in [4.78, 5) is 35.4. The Hall–Kier alpha value is -3.43. The van der Waals surface area contributed by atoms with Crippen molar-refractivity contribution in [3.63, 3.8) is 0 Å². The Kier molecular flexibility index (Phi) is 12.6. The summed E-state index contributed by atoms with van der Waals surface area (Å²) in [5.41, 5.74) is 0.698. The molecule has 1 saturated heterocycles. The number of hydrogen-bond donors (Lipinski definition) is 2. The Morgan fingerprint density at radius 1 is 0.927 bits per heavy atom. The normalized spacial score (nSPS) is 15.4. The first kappa shape index (κ1) is 32.1. The lowest BCUT2D eigenvalue weighted by atomic mass is 10.1. The molecule has 0 spiro atoms. The summed E-state index contributed by atoms with van der Waals surface area (Å²) < 4.78 is 64.9. The highest BCUT2D eigenvalue weighted by Gasteiger charge is 2.28. The molecule has 2 N–H and O–H groups in total. The maximum atomic E-state index is 14.4. The van der Waals surface area contributed by atoms with E-state index in [-0.39, 0.29) is 75.3 Å². The highest BCUT2D eigenvalue weighted by molar-refractivity contribution is 7.86. The summed E-state index contributed by atoms with van der Waals surface area (Å²) >= 11 is 0. The van der Waals surface area contributed by atoms with Crippen molar-refractivity contribution in [2.45, 2.75) is 30.7 Å². The van der Waals surface area contributed by atoms with Crippen LogP contribution in [0.5, 0.6) is 5.75 Å². The highest BCUT2D eigenvalue weighted by Crippen LogP contribution is 2.18. The molecule has 1 unspecified atom stereocenters. The van der Waals surface area contributed by atoms with Crippen LogP contribution in [0.3, 0.4) is 0 Å². The average molecular weight is 597 g/mol. The lowest BCUT2D eigenvalue weighted by molar-refractivity contribution is -0.134. The van der Waals surface area contributed by atoms with Crippen molar-refractivity contribution < 1.29 is 50.3 Å². The van der Waals surface area contributed by atoms with Crippen molar-refractivity contribution >= 4 is 27.8 Å². The number of rotatable bonds is 17. The molecule has 224 valence electrons. The minimum absolute atomic E-state index is 0.0916. The van der Waals surface area contributed by atoms with Crippen molar-refractivity contribution in [2.24, 2.45) is 0 Å². The topological polar surface area (TPSA) is 156 Å². The Morgan fingerprint density at radius 3 is 2.15 bits per heavy atom. The Balaban J connectivity index is 1.19. The fourth-order valence-electron chi connectivity index (χ4n) is 3.57. The summed E-state index contributed by atoms with van der Waals surface area (Å²) in [7, 11) is -3.82. The van der Waals surface area contributed by atoms with Gasteiger partial charge in [0.15, 0.2) is 0 Å². The number of halogens is 1. The summed E-state index contributed by atoms with van der Waals surface area (Å²) in [6, 6.07) is 9.19. The van der Waals surface area contributed by atoms with Crippen LogP contribution in [-0.2, 0) is 38.1 Å². The van der Waals surface area contributed by atoms with Gasteiger partial charge in [-0.25, -0.2) is 4.39 Å². The van der Waals surface area contributed by atoms with Gasteiger partial charge in [0, 0.05) is 12.5 Å². The molecule has 12 nitrogen and oxygen atoms in total. The third-order valence-electron chi connectivity index (χ3n) is 5.75. The van der Waals surface area contributed by atoms with Crippen LogP contribution >= 0.6 is 0 Å². The Morgan fingerprint density at radius 2 is 1.54 bits per heavy atom. The van der Waals surface area contributed by atoms with E-state index in [2.05, 4.69) is 10.6 Å². The van der Waals surface area contributed by atoms with Gasteiger partial charge in [0.1, 0.15) is 24.2 Å². The Labute approximate surface area is 237 Å². The maximum Gasteiger partial charge on any atom is 0.297 e. The van der Waals surface area contributed by atoms with E-state index in [1.807, 2.05) is 6.92 Å². The van der Waals surface area contributed by atoms with E-state index < -0.39 is 39.7 Å². The van der Waals surface area contributed by atoms with Gasteiger partial charge in [-0.15, -0.1) is 0 Å². The van der Waals surface area contributed by atoms with Crippen LogP contribution in [0.1, 0.15) is 28.8 Å². The number of imide groups is 1. The first-order valence-corrected chi connectivity index (χ1v) is 14.3. The molecule has 0 bridgehead atoms. The zero-order chi connectivity index (χ0) is 29.7. The van der Waals surface area contributed by atoms with E-state index in [1.54, 1.807) is 12.1 Å². The number of ether oxygens (including phenoxy) is 4. The summed E-state index contributed by atoms with van der Waals surface area (Å²) in [5.74, 6) is -2.42. The van der Waals surface area contributed by atoms with E-state index in [0.29, 0.717) is 6.61 Å². The molecule has 3 rings (SSSR count). The molecule has 3 amide bonds. The number of carbonyl (C=O) groups is 3. The second-order valence-corrected chi connectivity index (χ2v) is 10.5. The van der Waals surface area contributed by atoms with Crippen LogP contribution in [0.15, 0.2) is 47.4 Å². The fraction of sp³-hybridized carbons (Fsp3) is 0.444. The van der Waals surface area contributed by atoms with Crippen molar-refractivity contribution in [3.8, 4) is 5.75 Å². The van der Waals surface area contributed by atoms with E-state index in [1.165, 1.54) is 24.3 Å². The van der Waals surface area contributed by atoms with Crippen molar-refractivity contribution in [2.75, 3.05) is 52.9 Å². The van der Waals surface area contributed by atoms with Gasteiger partial charge in [-0.2, -0.15) is 8.42 Å². The smallest absolute Gasteiger partial charge is 0.297 e. The molecule has 0 saturated carbocycles. The second kappa shape index (κ2) is 16.1. The van der Waals surface area contributed by atoms with Crippen LogP contribution in [0.25, 0.3) is 0 Å². The zero-order valence-corrected chi connectivity index (χ0v) is 23.4. The lowest BCUT2D eigenvalue weighted by Gasteiger charge is -2.21. The van der Waals surface area contributed by atoms with Gasteiger partial charge in [-0.3, -0.25) is 23.9 Å². The molecular formula is C27H33FN2O10S. The van der Waals surface area contributed by atoms with Crippen LogP contribution in [-0.4, -0.2) is 85.0 Å². The van der Waals surface area contributed by atoms with Crippen LogP contribution in [0.2, 0.25) is 0 Å². The second-order valence-electron chi connectivity index (χ2n) is 8.89. The third-order valence-corrected chi connectivity index (χ3v) is 7.07. The van der Waals surface area contributed by atoms with Crippen molar-refractivity contribution in [1.29, 1.82) is 0 Å². The monoisotopic (exact) mass is 596 g/mol. The van der Waals surface area contributed by atoms with Crippen LogP contribution in [0.4, 0.5) is 4.39 Å². The minimum atomic E-state index is -3.82. The quantitative estimate of drug-likeness (QED) is 0.156. The van der Waals surface area contributed by atoms with Gasteiger partial charge < -0.3 is 24.3 Å². The molecule has 2 aromatic carbocycles. The van der Waals surface area contributed by atoms with Crippen LogP contribution in [0, 0.1) is 12.7 Å². The van der Waals surface area contributed by atoms with Crippen molar-refractivity contribution in [3.05, 3.63) is 59.4 Å². The van der Waals surface area contributed by atoms with E-state index in [9.17, 15) is 27.2 Å². The molecule has 1 aliphatic heterocycles. The first-order chi connectivity index (χ1) is 19.7. The van der Waals surface area contributed by atoms with Crippen LogP contribution < -0.4 is 15.4 Å². The average Bonchev–Trinajstić information content (AvgIpc) is 2.93. The van der Waals surface area contributed by atoms with Gasteiger partial charge >= 0.3 is 0 Å². The van der Waals surface area contributed by atoms with Crippen molar-refractivity contribution in [1.82, 2.24) is 10.6 Å². The number of carbonyl (C=O) groups excluding carboxylic acids is 3. The minimum Gasteiger partial charge on any atom is -0.491 e. The molecule has 0 radical (unpaired) electrons. The number of nitrogens with one attached hydrogen (secondary N) is 2. The maximum absolute atomic E-state index is 14.4. The predicted molar refractivity (Wildman–Crippen MR) is 142 cm³/mol. The molecule has 1 heterocycles. The SMILES string of the molecule is Cc1ccc(S(=O)(=O)OCCOCCOCCOCCOc2ccc(C(=O)NC3CCC(=O)NC3=O)c(F)c2)cc1. The highest BCUT2D eigenvalue weighted by atomic mass is 32.2. The number of benzene rings is 2. The molecular weight excluding hydrogens is 563 g/mol. The number of amides is 3.